The van der Waals surface area contributed by atoms with E-state index < -0.39 is 6.04 Å². The van der Waals surface area contributed by atoms with E-state index in [1.807, 2.05) is 0 Å². The van der Waals surface area contributed by atoms with Gasteiger partial charge in [-0.25, -0.2) is 0 Å². The Morgan fingerprint density at radius 1 is 1.90 bits per heavy atom. The van der Waals surface area contributed by atoms with Crippen LogP contribution in [0.2, 0.25) is 0 Å². The zero-order valence-electron chi connectivity index (χ0n) is 6.50. The highest BCUT2D eigenvalue weighted by molar-refractivity contribution is 5.80. The lowest BCUT2D eigenvalue weighted by molar-refractivity contribution is -0.130. The second-order valence-electron chi connectivity index (χ2n) is 2.30. The fraction of sp³-hybridized carbons (Fsp3) is 0.571. The molecule has 0 aromatic heterocycles. The van der Waals surface area contributed by atoms with Gasteiger partial charge in [0.2, 0.25) is 5.91 Å². The third-order valence-corrected chi connectivity index (χ3v) is 1.17. The van der Waals surface area contributed by atoms with Gasteiger partial charge in [0.15, 0.2) is 0 Å². The van der Waals surface area contributed by atoms with E-state index in [1.165, 1.54) is 4.90 Å². The highest BCUT2D eigenvalue weighted by Crippen LogP contribution is 1.87. The maximum atomic E-state index is 11.0. The predicted molar refractivity (Wildman–Crippen MR) is 41.5 cm³/mol. The van der Waals surface area contributed by atoms with Crippen molar-refractivity contribution in [2.75, 3.05) is 13.6 Å². The van der Waals surface area contributed by atoms with Gasteiger partial charge >= 0.3 is 0 Å². The first-order valence-corrected chi connectivity index (χ1v) is 3.21. The van der Waals surface area contributed by atoms with E-state index in [-0.39, 0.29) is 5.91 Å². The third-order valence-electron chi connectivity index (χ3n) is 1.17. The summed E-state index contributed by atoms with van der Waals surface area (Å²) in [6.45, 7) is 5.73. The van der Waals surface area contributed by atoms with Crippen molar-refractivity contribution in [3.63, 3.8) is 0 Å². The van der Waals surface area contributed by atoms with Crippen molar-refractivity contribution in [2.24, 2.45) is 5.73 Å². The minimum absolute atomic E-state index is 0.0556. The standard InChI is InChI=1S/C7H14N2O/c1-4-5-9(3)7(10)6(2)8/h4,6H,1,5,8H2,2-3H3. The Bertz CT molecular complexity index is 132. The Kier molecular flexibility index (Phi) is 3.72. The number of likely N-dealkylation sites (N-methyl/N-ethyl adjacent to an activating group) is 1. The minimum atomic E-state index is -0.412. The van der Waals surface area contributed by atoms with Crippen LogP contribution in [0.25, 0.3) is 0 Å². The van der Waals surface area contributed by atoms with Crippen LogP contribution < -0.4 is 5.73 Å². The predicted octanol–water partition coefficient (Wildman–Crippen LogP) is -0.0220. The molecule has 2 N–H and O–H groups in total. The molecule has 58 valence electrons. The van der Waals surface area contributed by atoms with Crippen LogP contribution in [0, 0.1) is 0 Å². The molecule has 0 saturated heterocycles. The quantitative estimate of drug-likeness (QED) is 0.563. The summed E-state index contributed by atoms with van der Waals surface area (Å²) < 4.78 is 0. The monoisotopic (exact) mass is 142 g/mol. The van der Waals surface area contributed by atoms with Gasteiger partial charge in [-0.2, -0.15) is 0 Å². The van der Waals surface area contributed by atoms with Crippen LogP contribution in [0.15, 0.2) is 12.7 Å². The fourth-order valence-electron chi connectivity index (χ4n) is 0.631. The molecule has 3 heteroatoms. The van der Waals surface area contributed by atoms with E-state index in [1.54, 1.807) is 20.0 Å². The van der Waals surface area contributed by atoms with Crippen molar-refractivity contribution in [1.29, 1.82) is 0 Å². The van der Waals surface area contributed by atoms with Gasteiger partial charge in [0, 0.05) is 13.6 Å². The molecule has 1 amide bonds. The third kappa shape index (κ3) is 2.64. The van der Waals surface area contributed by atoms with Crippen molar-refractivity contribution in [1.82, 2.24) is 4.90 Å². The second-order valence-corrected chi connectivity index (χ2v) is 2.30. The number of rotatable bonds is 3. The lowest BCUT2D eigenvalue weighted by Crippen LogP contribution is -2.39. The van der Waals surface area contributed by atoms with Gasteiger partial charge < -0.3 is 10.6 Å². The molecule has 0 saturated carbocycles. The summed E-state index contributed by atoms with van der Waals surface area (Å²) in [6.07, 6.45) is 1.67. The highest BCUT2D eigenvalue weighted by Gasteiger charge is 2.10. The number of nitrogens with zero attached hydrogens (tertiary/aromatic N) is 1. The fourth-order valence-corrected chi connectivity index (χ4v) is 0.631. The average molecular weight is 142 g/mol. The molecule has 0 aromatic carbocycles. The van der Waals surface area contributed by atoms with Gasteiger partial charge in [-0.3, -0.25) is 4.79 Å². The van der Waals surface area contributed by atoms with Gasteiger partial charge in [-0.05, 0) is 6.92 Å². The molecular weight excluding hydrogens is 128 g/mol. The Labute approximate surface area is 61.5 Å². The van der Waals surface area contributed by atoms with E-state index in [9.17, 15) is 4.79 Å². The van der Waals surface area contributed by atoms with Crippen molar-refractivity contribution < 1.29 is 4.79 Å². The summed E-state index contributed by atoms with van der Waals surface area (Å²) in [5.41, 5.74) is 5.34. The molecule has 0 aliphatic carbocycles. The largest absolute Gasteiger partial charge is 0.341 e. The summed E-state index contributed by atoms with van der Waals surface area (Å²) in [6, 6.07) is -0.412. The first-order chi connectivity index (χ1) is 4.59. The SMILES string of the molecule is C=CCN(C)C(=O)C(C)N. The van der Waals surface area contributed by atoms with Crippen molar-refractivity contribution in [3.05, 3.63) is 12.7 Å². The van der Waals surface area contributed by atoms with Crippen molar-refractivity contribution in [3.8, 4) is 0 Å². The molecule has 0 bridgehead atoms. The molecule has 3 nitrogen and oxygen atoms in total. The molecule has 10 heavy (non-hydrogen) atoms. The molecule has 1 atom stereocenters. The number of hydrogen-bond acceptors (Lipinski definition) is 2. The average Bonchev–Trinajstić information content (AvgIpc) is 1.87. The molecule has 0 aliphatic heterocycles. The molecular formula is C7H14N2O. The lowest BCUT2D eigenvalue weighted by atomic mass is 10.3. The summed E-state index contributed by atoms with van der Waals surface area (Å²) in [7, 11) is 1.70. The van der Waals surface area contributed by atoms with Crippen LogP contribution in [0.5, 0.6) is 0 Å². The second kappa shape index (κ2) is 4.06. The molecule has 0 fully saturated rings. The number of carbonyl (C=O) groups is 1. The van der Waals surface area contributed by atoms with Crippen LogP contribution in [0.3, 0.4) is 0 Å². The lowest BCUT2D eigenvalue weighted by Gasteiger charge is -2.16. The zero-order valence-corrected chi connectivity index (χ0v) is 6.50. The van der Waals surface area contributed by atoms with Crippen LogP contribution >= 0.6 is 0 Å². The highest BCUT2D eigenvalue weighted by atomic mass is 16.2. The maximum absolute atomic E-state index is 11.0. The smallest absolute Gasteiger partial charge is 0.239 e. The van der Waals surface area contributed by atoms with E-state index in [0.717, 1.165) is 0 Å². The molecule has 0 rings (SSSR count). The van der Waals surface area contributed by atoms with Gasteiger partial charge in [-0.1, -0.05) is 6.08 Å². The van der Waals surface area contributed by atoms with E-state index in [2.05, 4.69) is 6.58 Å². The number of hydrogen-bond donors (Lipinski definition) is 1. The van der Waals surface area contributed by atoms with Gasteiger partial charge in [0.05, 0.1) is 6.04 Å². The Hall–Kier alpha value is -0.830. The Balaban J connectivity index is 3.81. The van der Waals surface area contributed by atoms with Crippen molar-refractivity contribution >= 4 is 5.91 Å². The normalized spacial score (nSPS) is 12.3. The van der Waals surface area contributed by atoms with Gasteiger partial charge in [0.25, 0.3) is 0 Å². The van der Waals surface area contributed by atoms with E-state index in [0.29, 0.717) is 6.54 Å². The van der Waals surface area contributed by atoms with E-state index >= 15 is 0 Å². The van der Waals surface area contributed by atoms with Crippen LogP contribution in [0.4, 0.5) is 0 Å². The molecule has 0 aromatic rings. The van der Waals surface area contributed by atoms with Crippen LogP contribution in [-0.2, 0) is 4.79 Å². The summed E-state index contributed by atoms with van der Waals surface area (Å²) >= 11 is 0. The number of nitrogens with two attached hydrogens (primary N) is 1. The summed E-state index contributed by atoms with van der Waals surface area (Å²) in [4.78, 5) is 12.5. The van der Waals surface area contributed by atoms with Gasteiger partial charge in [0.1, 0.15) is 0 Å². The molecule has 0 spiro atoms. The minimum Gasteiger partial charge on any atom is -0.341 e. The number of amides is 1. The molecule has 0 heterocycles. The first-order valence-electron chi connectivity index (χ1n) is 3.21. The Morgan fingerprint density at radius 2 is 2.40 bits per heavy atom. The summed E-state index contributed by atoms with van der Waals surface area (Å²) in [5.74, 6) is -0.0556. The van der Waals surface area contributed by atoms with Crippen molar-refractivity contribution in [2.45, 2.75) is 13.0 Å². The molecule has 0 radical (unpaired) electrons. The molecule has 0 aliphatic rings. The van der Waals surface area contributed by atoms with Crippen LogP contribution in [0.1, 0.15) is 6.92 Å². The molecule has 1 unspecified atom stereocenters. The Morgan fingerprint density at radius 3 is 2.70 bits per heavy atom. The first kappa shape index (κ1) is 9.17. The maximum Gasteiger partial charge on any atom is 0.239 e. The zero-order chi connectivity index (χ0) is 8.15. The van der Waals surface area contributed by atoms with E-state index in [4.69, 9.17) is 5.73 Å². The van der Waals surface area contributed by atoms with Gasteiger partial charge in [-0.15, -0.1) is 6.58 Å². The van der Waals surface area contributed by atoms with Crippen LogP contribution in [-0.4, -0.2) is 30.4 Å². The number of carbonyl (C=O) groups excluding carboxylic acids is 1. The summed E-state index contributed by atoms with van der Waals surface area (Å²) in [5, 5.41) is 0. The topological polar surface area (TPSA) is 46.3 Å².